The third kappa shape index (κ3) is 1.97. The van der Waals surface area contributed by atoms with E-state index >= 15 is 0 Å². The van der Waals surface area contributed by atoms with Crippen molar-refractivity contribution in [2.24, 2.45) is 11.7 Å². The molecule has 0 aliphatic heterocycles. The number of fused-ring (bicyclic) bond motifs is 1. The van der Waals surface area contributed by atoms with Crippen LogP contribution in [-0.4, -0.2) is 21.9 Å². The van der Waals surface area contributed by atoms with E-state index in [-0.39, 0.29) is 17.9 Å². The van der Waals surface area contributed by atoms with Gasteiger partial charge in [-0.3, -0.25) is 4.79 Å². The number of nitrogens with zero attached hydrogens (tertiary/aromatic N) is 1. The summed E-state index contributed by atoms with van der Waals surface area (Å²) in [6.45, 7) is 1.91. The number of carbonyl (C=O) groups is 1. The fraction of sp³-hybridized carbons (Fsp3) is 0.385. The molecule has 94 valence electrons. The second-order valence-corrected chi connectivity index (χ2v) is 4.97. The Kier molecular flexibility index (Phi) is 2.56. The Bertz CT molecular complexity index is 598. The SMILES string of the molecule is Cc1nc2ccc(NC(=O)C3CC(N)C3)cc2[nH]1. The molecule has 1 saturated carbocycles. The zero-order chi connectivity index (χ0) is 12.7. The summed E-state index contributed by atoms with van der Waals surface area (Å²) >= 11 is 0. The van der Waals surface area contributed by atoms with E-state index in [0.717, 1.165) is 35.4 Å². The van der Waals surface area contributed by atoms with Crippen LogP contribution in [-0.2, 0) is 4.79 Å². The molecule has 2 aromatic rings. The van der Waals surface area contributed by atoms with Crippen LogP contribution in [0, 0.1) is 12.8 Å². The number of benzene rings is 1. The van der Waals surface area contributed by atoms with Crippen LogP contribution in [0.15, 0.2) is 18.2 Å². The zero-order valence-electron chi connectivity index (χ0n) is 10.2. The molecule has 0 bridgehead atoms. The maximum Gasteiger partial charge on any atom is 0.227 e. The highest BCUT2D eigenvalue weighted by molar-refractivity contribution is 5.95. The van der Waals surface area contributed by atoms with Crippen LogP contribution >= 0.6 is 0 Å². The van der Waals surface area contributed by atoms with Crippen LogP contribution in [0.1, 0.15) is 18.7 Å². The number of aromatic nitrogens is 2. The van der Waals surface area contributed by atoms with E-state index in [4.69, 9.17) is 5.73 Å². The lowest BCUT2D eigenvalue weighted by atomic mass is 9.80. The average molecular weight is 244 g/mol. The van der Waals surface area contributed by atoms with Gasteiger partial charge in [-0.15, -0.1) is 0 Å². The van der Waals surface area contributed by atoms with Gasteiger partial charge in [0.25, 0.3) is 0 Å². The highest BCUT2D eigenvalue weighted by Gasteiger charge is 2.31. The van der Waals surface area contributed by atoms with Crippen LogP contribution in [0.4, 0.5) is 5.69 Å². The van der Waals surface area contributed by atoms with Gasteiger partial charge in [-0.1, -0.05) is 0 Å². The van der Waals surface area contributed by atoms with Crippen LogP contribution in [0.25, 0.3) is 11.0 Å². The molecule has 3 rings (SSSR count). The second kappa shape index (κ2) is 4.10. The fourth-order valence-electron chi connectivity index (χ4n) is 2.34. The number of nitrogens with one attached hydrogen (secondary N) is 2. The molecule has 0 saturated heterocycles. The first-order chi connectivity index (χ1) is 8.61. The summed E-state index contributed by atoms with van der Waals surface area (Å²) < 4.78 is 0. The maximum absolute atomic E-state index is 11.9. The number of carbonyl (C=O) groups excluding carboxylic acids is 1. The third-order valence-electron chi connectivity index (χ3n) is 3.41. The first kappa shape index (κ1) is 11.2. The number of aromatic amines is 1. The lowest BCUT2D eigenvalue weighted by molar-refractivity contribution is -0.122. The smallest absolute Gasteiger partial charge is 0.227 e. The molecule has 18 heavy (non-hydrogen) atoms. The van der Waals surface area contributed by atoms with E-state index in [2.05, 4.69) is 15.3 Å². The molecule has 1 fully saturated rings. The number of rotatable bonds is 2. The molecule has 1 aromatic carbocycles. The van der Waals surface area contributed by atoms with Gasteiger partial charge < -0.3 is 16.0 Å². The second-order valence-electron chi connectivity index (χ2n) is 4.97. The van der Waals surface area contributed by atoms with Crippen molar-refractivity contribution >= 4 is 22.6 Å². The lowest BCUT2D eigenvalue weighted by Crippen LogP contribution is -2.42. The number of aryl methyl sites for hydroxylation is 1. The summed E-state index contributed by atoms with van der Waals surface area (Å²) in [7, 11) is 0. The molecule has 1 aliphatic rings. The third-order valence-corrected chi connectivity index (χ3v) is 3.41. The first-order valence-corrected chi connectivity index (χ1v) is 6.14. The number of H-pyrrole nitrogens is 1. The van der Waals surface area contributed by atoms with Gasteiger partial charge in [0.05, 0.1) is 11.0 Å². The molecule has 0 radical (unpaired) electrons. The first-order valence-electron chi connectivity index (χ1n) is 6.14. The Morgan fingerprint density at radius 3 is 3.00 bits per heavy atom. The normalized spacial score (nSPS) is 22.8. The molecule has 0 unspecified atom stereocenters. The Labute approximate surface area is 105 Å². The van der Waals surface area contributed by atoms with E-state index in [1.165, 1.54) is 0 Å². The van der Waals surface area contributed by atoms with Crippen molar-refractivity contribution < 1.29 is 4.79 Å². The Morgan fingerprint density at radius 1 is 1.50 bits per heavy atom. The van der Waals surface area contributed by atoms with Gasteiger partial charge in [0.15, 0.2) is 0 Å². The van der Waals surface area contributed by atoms with E-state index in [9.17, 15) is 4.79 Å². The predicted molar refractivity (Wildman–Crippen MR) is 70.2 cm³/mol. The summed E-state index contributed by atoms with van der Waals surface area (Å²) in [6, 6.07) is 5.88. The molecule has 1 heterocycles. The van der Waals surface area contributed by atoms with Gasteiger partial charge in [-0.2, -0.15) is 0 Å². The van der Waals surface area contributed by atoms with Crippen LogP contribution in [0.5, 0.6) is 0 Å². The zero-order valence-corrected chi connectivity index (χ0v) is 10.2. The Hall–Kier alpha value is -1.88. The minimum absolute atomic E-state index is 0.0623. The number of imidazole rings is 1. The van der Waals surface area contributed by atoms with Gasteiger partial charge in [0, 0.05) is 17.6 Å². The molecule has 1 aromatic heterocycles. The van der Waals surface area contributed by atoms with Gasteiger partial charge >= 0.3 is 0 Å². The largest absolute Gasteiger partial charge is 0.342 e. The number of hydrogen-bond donors (Lipinski definition) is 3. The molecule has 0 atom stereocenters. The van der Waals surface area contributed by atoms with Crippen LogP contribution in [0.2, 0.25) is 0 Å². The maximum atomic E-state index is 11.9. The molecule has 1 aliphatic carbocycles. The quantitative estimate of drug-likeness (QED) is 0.749. The van der Waals surface area contributed by atoms with Crippen molar-refractivity contribution in [1.29, 1.82) is 0 Å². The van der Waals surface area contributed by atoms with E-state index < -0.39 is 0 Å². The summed E-state index contributed by atoms with van der Waals surface area (Å²) in [4.78, 5) is 19.4. The summed E-state index contributed by atoms with van der Waals surface area (Å²) in [5.41, 5.74) is 8.34. The Balaban J connectivity index is 1.76. The number of hydrogen-bond acceptors (Lipinski definition) is 3. The van der Waals surface area contributed by atoms with Gasteiger partial charge in [0.1, 0.15) is 5.82 Å². The number of anilines is 1. The van der Waals surface area contributed by atoms with Crippen molar-refractivity contribution in [3.05, 3.63) is 24.0 Å². The van der Waals surface area contributed by atoms with Gasteiger partial charge in [0.2, 0.25) is 5.91 Å². The van der Waals surface area contributed by atoms with Crippen molar-refractivity contribution in [2.75, 3.05) is 5.32 Å². The molecule has 4 N–H and O–H groups in total. The molecule has 5 heteroatoms. The Morgan fingerprint density at radius 2 is 2.28 bits per heavy atom. The number of amides is 1. The standard InChI is InChI=1S/C13H16N4O/c1-7-15-11-3-2-10(6-12(11)16-7)17-13(18)8-4-9(14)5-8/h2-3,6,8-9H,4-5,14H2,1H3,(H,15,16)(H,17,18). The summed E-state index contributed by atoms with van der Waals surface area (Å²) in [5.74, 6) is 1.00. The highest BCUT2D eigenvalue weighted by Crippen LogP contribution is 2.27. The van der Waals surface area contributed by atoms with Crippen molar-refractivity contribution in [3.63, 3.8) is 0 Å². The van der Waals surface area contributed by atoms with Crippen molar-refractivity contribution in [2.45, 2.75) is 25.8 Å². The molecule has 0 spiro atoms. The molecule has 1 amide bonds. The van der Waals surface area contributed by atoms with Crippen molar-refractivity contribution in [1.82, 2.24) is 9.97 Å². The fourth-order valence-corrected chi connectivity index (χ4v) is 2.34. The molecular weight excluding hydrogens is 228 g/mol. The predicted octanol–water partition coefficient (Wildman–Crippen LogP) is 1.55. The van der Waals surface area contributed by atoms with Crippen LogP contribution < -0.4 is 11.1 Å². The molecule has 5 nitrogen and oxygen atoms in total. The highest BCUT2D eigenvalue weighted by atomic mass is 16.1. The van der Waals surface area contributed by atoms with Gasteiger partial charge in [-0.25, -0.2) is 4.98 Å². The van der Waals surface area contributed by atoms with E-state index in [1.54, 1.807) is 0 Å². The summed E-state index contributed by atoms with van der Waals surface area (Å²) in [5, 5.41) is 2.92. The molecular formula is C13H16N4O. The van der Waals surface area contributed by atoms with Crippen molar-refractivity contribution in [3.8, 4) is 0 Å². The minimum Gasteiger partial charge on any atom is -0.342 e. The van der Waals surface area contributed by atoms with Gasteiger partial charge in [-0.05, 0) is 38.0 Å². The number of nitrogens with two attached hydrogens (primary N) is 1. The van der Waals surface area contributed by atoms with E-state index in [0.29, 0.717) is 0 Å². The van der Waals surface area contributed by atoms with Crippen LogP contribution in [0.3, 0.4) is 0 Å². The monoisotopic (exact) mass is 244 g/mol. The summed E-state index contributed by atoms with van der Waals surface area (Å²) in [6.07, 6.45) is 1.58. The lowest BCUT2D eigenvalue weighted by Gasteiger charge is -2.31. The average Bonchev–Trinajstić information content (AvgIpc) is 2.64. The van der Waals surface area contributed by atoms with E-state index in [1.807, 2.05) is 25.1 Å². The minimum atomic E-state index is 0.0623. The topological polar surface area (TPSA) is 83.8 Å².